The van der Waals surface area contributed by atoms with E-state index in [1.165, 1.54) is 0 Å². The SMILES string of the molecule is O=C(Br)Cc1ccc(Br)cc1. The molecule has 0 aromatic heterocycles. The summed E-state index contributed by atoms with van der Waals surface area (Å²) in [4.78, 5) is 10.6. The van der Waals surface area contributed by atoms with Gasteiger partial charge in [-0.1, -0.05) is 28.1 Å². The van der Waals surface area contributed by atoms with Crippen LogP contribution in [-0.2, 0) is 11.2 Å². The van der Waals surface area contributed by atoms with E-state index in [4.69, 9.17) is 0 Å². The maximum absolute atomic E-state index is 10.6. The van der Waals surface area contributed by atoms with E-state index in [1.807, 2.05) is 24.3 Å². The molecule has 58 valence electrons. The predicted molar refractivity (Wildman–Crippen MR) is 51.8 cm³/mol. The normalized spacial score (nSPS) is 9.64. The Morgan fingerprint density at radius 3 is 2.27 bits per heavy atom. The van der Waals surface area contributed by atoms with Crippen LogP contribution >= 0.6 is 31.9 Å². The molecule has 1 aromatic rings. The van der Waals surface area contributed by atoms with Crippen LogP contribution in [-0.4, -0.2) is 4.69 Å². The monoisotopic (exact) mass is 276 g/mol. The lowest BCUT2D eigenvalue weighted by Gasteiger charge is -1.95. The fourth-order valence-electron chi connectivity index (χ4n) is 0.763. The van der Waals surface area contributed by atoms with E-state index < -0.39 is 0 Å². The lowest BCUT2D eigenvalue weighted by atomic mass is 10.2. The van der Waals surface area contributed by atoms with E-state index in [0.717, 1.165) is 10.0 Å². The van der Waals surface area contributed by atoms with Gasteiger partial charge in [-0.25, -0.2) is 0 Å². The molecule has 0 amide bonds. The lowest BCUT2D eigenvalue weighted by Crippen LogP contribution is -1.91. The summed E-state index contributed by atoms with van der Waals surface area (Å²) in [6.45, 7) is 0. The number of benzene rings is 1. The first-order valence-corrected chi connectivity index (χ1v) is 4.70. The van der Waals surface area contributed by atoms with Crippen LogP contribution in [0.3, 0.4) is 0 Å². The number of rotatable bonds is 2. The molecule has 0 aliphatic rings. The van der Waals surface area contributed by atoms with E-state index in [0.29, 0.717) is 6.42 Å². The summed E-state index contributed by atoms with van der Waals surface area (Å²) in [6.07, 6.45) is 0.452. The average Bonchev–Trinajstić information content (AvgIpc) is 1.93. The first-order valence-electron chi connectivity index (χ1n) is 3.11. The molecule has 0 fully saturated rings. The van der Waals surface area contributed by atoms with Gasteiger partial charge in [-0.3, -0.25) is 4.79 Å². The first-order chi connectivity index (χ1) is 5.18. The van der Waals surface area contributed by atoms with Crippen molar-refractivity contribution >= 4 is 36.6 Å². The third-order valence-corrected chi connectivity index (χ3v) is 2.07. The molecule has 1 aromatic carbocycles. The summed E-state index contributed by atoms with van der Waals surface area (Å²) >= 11 is 6.19. The van der Waals surface area contributed by atoms with Crippen molar-refractivity contribution in [1.82, 2.24) is 0 Å². The summed E-state index contributed by atoms with van der Waals surface area (Å²) < 4.78 is 1.04. The number of halogens is 2. The zero-order valence-corrected chi connectivity index (χ0v) is 8.85. The van der Waals surface area contributed by atoms with Crippen molar-refractivity contribution in [2.75, 3.05) is 0 Å². The molecule has 0 saturated heterocycles. The van der Waals surface area contributed by atoms with E-state index >= 15 is 0 Å². The molecular weight excluding hydrogens is 272 g/mol. The van der Waals surface area contributed by atoms with Gasteiger partial charge in [-0.2, -0.15) is 0 Å². The molecule has 0 heterocycles. The first kappa shape index (κ1) is 8.94. The van der Waals surface area contributed by atoms with Crippen molar-refractivity contribution in [3.63, 3.8) is 0 Å². The highest BCUT2D eigenvalue weighted by Gasteiger charge is 1.97. The molecule has 11 heavy (non-hydrogen) atoms. The summed E-state index contributed by atoms with van der Waals surface area (Å²) in [5, 5.41) is 0. The Kier molecular flexibility index (Phi) is 3.27. The van der Waals surface area contributed by atoms with E-state index in [2.05, 4.69) is 31.9 Å². The number of carbonyl (C=O) groups excluding carboxylic acids is 1. The van der Waals surface area contributed by atoms with E-state index in [9.17, 15) is 4.79 Å². The highest BCUT2D eigenvalue weighted by molar-refractivity contribution is 9.18. The molecule has 0 aliphatic heterocycles. The van der Waals surface area contributed by atoms with Gasteiger partial charge in [-0.05, 0) is 33.6 Å². The van der Waals surface area contributed by atoms with Crippen LogP contribution in [0.1, 0.15) is 5.56 Å². The zero-order valence-electron chi connectivity index (χ0n) is 5.68. The van der Waals surface area contributed by atoms with Crippen molar-refractivity contribution in [2.24, 2.45) is 0 Å². The van der Waals surface area contributed by atoms with Gasteiger partial charge in [0.15, 0.2) is 0 Å². The molecule has 0 bridgehead atoms. The summed E-state index contributed by atoms with van der Waals surface area (Å²) in [6, 6.07) is 7.68. The van der Waals surface area contributed by atoms with Crippen molar-refractivity contribution < 1.29 is 4.79 Å². The van der Waals surface area contributed by atoms with Crippen LogP contribution in [0.25, 0.3) is 0 Å². The zero-order chi connectivity index (χ0) is 8.27. The van der Waals surface area contributed by atoms with Crippen LogP contribution in [0.4, 0.5) is 0 Å². The topological polar surface area (TPSA) is 17.1 Å². The van der Waals surface area contributed by atoms with Gasteiger partial charge in [0.25, 0.3) is 0 Å². The summed E-state index contributed by atoms with van der Waals surface area (Å²) in [7, 11) is 0. The Labute approximate surface area is 82.1 Å². The summed E-state index contributed by atoms with van der Waals surface area (Å²) in [5.41, 5.74) is 1.02. The number of hydrogen-bond donors (Lipinski definition) is 0. The quantitative estimate of drug-likeness (QED) is 0.760. The van der Waals surface area contributed by atoms with Crippen molar-refractivity contribution in [3.05, 3.63) is 34.3 Å². The smallest absolute Gasteiger partial charge is 0.202 e. The molecule has 0 spiro atoms. The molecule has 0 saturated carbocycles. The number of carbonyl (C=O) groups is 1. The van der Waals surface area contributed by atoms with Gasteiger partial charge in [-0.15, -0.1) is 0 Å². The van der Waals surface area contributed by atoms with Crippen LogP contribution < -0.4 is 0 Å². The Balaban J connectivity index is 2.74. The Bertz CT molecular complexity index is 253. The van der Waals surface area contributed by atoms with Gasteiger partial charge in [0.2, 0.25) is 4.69 Å². The fraction of sp³-hybridized carbons (Fsp3) is 0.125. The minimum Gasteiger partial charge on any atom is -0.286 e. The second-order valence-corrected chi connectivity index (χ2v) is 3.96. The lowest BCUT2D eigenvalue weighted by molar-refractivity contribution is -0.109. The van der Waals surface area contributed by atoms with E-state index in [-0.39, 0.29) is 4.69 Å². The van der Waals surface area contributed by atoms with Crippen LogP contribution in [0.15, 0.2) is 28.7 Å². The maximum Gasteiger partial charge on any atom is 0.202 e. The minimum absolute atomic E-state index is 0.0137. The molecule has 0 N–H and O–H groups in total. The highest BCUT2D eigenvalue weighted by Crippen LogP contribution is 2.11. The second-order valence-electron chi connectivity index (χ2n) is 2.16. The second kappa shape index (κ2) is 4.02. The largest absolute Gasteiger partial charge is 0.286 e. The molecule has 0 aliphatic carbocycles. The number of hydrogen-bond acceptors (Lipinski definition) is 1. The molecule has 0 radical (unpaired) electrons. The standard InChI is InChI=1S/C8H6Br2O/c9-7-3-1-6(2-4-7)5-8(10)11/h1-4H,5H2. The van der Waals surface area contributed by atoms with Crippen LogP contribution in [0.5, 0.6) is 0 Å². The van der Waals surface area contributed by atoms with Gasteiger partial charge in [0, 0.05) is 10.9 Å². The third kappa shape index (κ3) is 3.16. The molecule has 0 atom stereocenters. The van der Waals surface area contributed by atoms with Gasteiger partial charge in [0.05, 0.1) is 0 Å². The van der Waals surface area contributed by atoms with Gasteiger partial charge in [0.1, 0.15) is 0 Å². The van der Waals surface area contributed by atoms with Crippen molar-refractivity contribution in [2.45, 2.75) is 6.42 Å². The Hall–Kier alpha value is -0.150. The maximum atomic E-state index is 10.6. The Morgan fingerprint density at radius 2 is 1.82 bits per heavy atom. The van der Waals surface area contributed by atoms with Crippen molar-refractivity contribution in [3.8, 4) is 0 Å². The minimum atomic E-state index is 0.0137. The van der Waals surface area contributed by atoms with Gasteiger partial charge >= 0.3 is 0 Å². The summed E-state index contributed by atoms with van der Waals surface area (Å²) in [5.74, 6) is 0. The van der Waals surface area contributed by atoms with Crippen LogP contribution in [0, 0.1) is 0 Å². The fourth-order valence-corrected chi connectivity index (χ4v) is 1.35. The van der Waals surface area contributed by atoms with Crippen LogP contribution in [0.2, 0.25) is 0 Å². The molecule has 3 heteroatoms. The predicted octanol–water partition coefficient (Wildman–Crippen LogP) is 2.91. The van der Waals surface area contributed by atoms with Crippen molar-refractivity contribution in [1.29, 1.82) is 0 Å². The molecule has 0 unspecified atom stereocenters. The molecule has 1 rings (SSSR count). The third-order valence-electron chi connectivity index (χ3n) is 1.26. The Morgan fingerprint density at radius 1 is 1.27 bits per heavy atom. The molecule has 1 nitrogen and oxygen atoms in total. The van der Waals surface area contributed by atoms with E-state index in [1.54, 1.807) is 0 Å². The van der Waals surface area contributed by atoms with Gasteiger partial charge < -0.3 is 0 Å². The average molecular weight is 278 g/mol. The molecular formula is C8H6Br2O. The highest BCUT2D eigenvalue weighted by atomic mass is 79.9.